The fourth-order valence-electron chi connectivity index (χ4n) is 3.98. The van der Waals surface area contributed by atoms with Gasteiger partial charge in [0, 0.05) is 32.3 Å². The maximum Gasteiger partial charge on any atom is 0.227 e. The summed E-state index contributed by atoms with van der Waals surface area (Å²) in [6.07, 6.45) is 4.25. The summed E-state index contributed by atoms with van der Waals surface area (Å²) in [7, 11) is 5.12. The van der Waals surface area contributed by atoms with Gasteiger partial charge >= 0.3 is 0 Å². The van der Waals surface area contributed by atoms with E-state index in [0.29, 0.717) is 31.0 Å². The molecule has 0 bridgehead atoms. The van der Waals surface area contributed by atoms with Gasteiger partial charge < -0.3 is 14.4 Å². The minimum Gasteiger partial charge on any atom is -0.493 e. The van der Waals surface area contributed by atoms with Crippen molar-refractivity contribution in [2.75, 3.05) is 20.8 Å². The molecule has 0 aliphatic carbocycles. The van der Waals surface area contributed by atoms with Gasteiger partial charge in [-0.2, -0.15) is 5.10 Å². The van der Waals surface area contributed by atoms with Crippen molar-refractivity contribution in [1.29, 1.82) is 0 Å². The molecule has 29 heavy (non-hydrogen) atoms. The van der Waals surface area contributed by atoms with Crippen LogP contribution in [-0.2, 0) is 24.8 Å². The number of carbonyl (C=O) groups is 1. The van der Waals surface area contributed by atoms with Crippen LogP contribution in [0.2, 0.25) is 0 Å². The van der Waals surface area contributed by atoms with Gasteiger partial charge in [-0.3, -0.25) is 9.48 Å². The number of fused-ring (bicyclic) bond motifs is 1. The number of hydrogen-bond donors (Lipinski definition) is 0. The Morgan fingerprint density at radius 3 is 2.66 bits per heavy atom. The van der Waals surface area contributed by atoms with E-state index in [1.54, 1.807) is 14.2 Å². The van der Waals surface area contributed by atoms with E-state index in [1.165, 1.54) is 11.1 Å². The second-order valence-electron chi connectivity index (χ2n) is 7.34. The summed E-state index contributed by atoms with van der Waals surface area (Å²) in [5, 5.41) is 4.33. The molecule has 4 rings (SSSR count). The van der Waals surface area contributed by atoms with Gasteiger partial charge in [-0.25, -0.2) is 0 Å². The molecule has 0 fully saturated rings. The molecule has 0 N–H and O–H groups in total. The summed E-state index contributed by atoms with van der Waals surface area (Å²) in [6.45, 7) is 1.27. The highest BCUT2D eigenvalue weighted by Gasteiger charge is 2.29. The van der Waals surface area contributed by atoms with Gasteiger partial charge in [0.25, 0.3) is 0 Å². The normalized spacial score (nSPS) is 15.7. The van der Waals surface area contributed by atoms with Gasteiger partial charge in [0.1, 0.15) is 0 Å². The van der Waals surface area contributed by atoms with Crippen molar-refractivity contribution >= 4 is 5.91 Å². The molecule has 1 aromatic heterocycles. The standard InChI is InChI=1S/C23H25N3O3/c1-25-13-18(12-24-25)20-15-26(14-17-6-4-5-7-19(17)20)23(27)11-16-8-9-21(28-2)22(10-16)29-3/h4-10,12-13,20H,11,14-15H2,1-3H3/t20-/m1/s1. The summed E-state index contributed by atoms with van der Waals surface area (Å²) < 4.78 is 12.5. The van der Waals surface area contributed by atoms with E-state index in [1.807, 2.05) is 53.3 Å². The molecular formula is C23H25N3O3. The first kappa shape index (κ1) is 19.1. The fraction of sp³-hybridized carbons (Fsp3) is 0.304. The van der Waals surface area contributed by atoms with E-state index < -0.39 is 0 Å². The van der Waals surface area contributed by atoms with Gasteiger partial charge in [0.2, 0.25) is 5.91 Å². The number of amides is 1. The van der Waals surface area contributed by atoms with E-state index >= 15 is 0 Å². The average molecular weight is 391 g/mol. The Morgan fingerprint density at radius 1 is 1.14 bits per heavy atom. The van der Waals surface area contributed by atoms with E-state index in [2.05, 4.69) is 23.3 Å². The predicted molar refractivity (Wildman–Crippen MR) is 110 cm³/mol. The van der Waals surface area contributed by atoms with Crippen LogP contribution in [0.25, 0.3) is 0 Å². The number of rotatable bonds is 5. The molecule has 2 heterocycles. The molecule has 1 amide bonds. The van der Waals surface area contributed by atoms with Crippen LogP contribution in [0.4, 0.5) is 0 Å². The van der Waals surface area contributed by atoms with Gasteiger partial charge in [-0.1, -0.05) is 30.3 Å². The zero-order chi connectivity index (χ0) is 20.4. The van der Waals surface area contributed by atoms with Crippen LogP contribution in [0.3, 0.4) is 0 Å². The first-order chi connectivity index (χ1) is 14.1. The third-order valence-electron chi connectivity index (χ3n) is 5.48. The molecule has 0 saturated carbocycles. The van der Waals surface area contributed by atoms with Crippen LogP contribution in [0, 0.1) is 0 Å². The summed E-state index contributed by atoms with van der Waals surface area (Å²) >= 11 is 0. The highest BCUT2D eigenvalue weighted by atomic mass is 16.5. The number of ether oxygens (including phenoxy) is 2. The fourth-order valence-corrected chi connectivity index (χ4v) is 3.98. The van der Waals surface area contributed by atoms with Crippen LogP contribution in [0.15, 0.2) is 54.9 Å². The SMILES string of the molecule is COc1ccc(CC(=O)N2Cc3ccccc3[C@@H](c3cnn(C)c3)C2)cc1OC. The van der Waals surface area contributed by atoms with Gasteiger partial charge in [-0.15, -0.1) is 0 Å². The molecule has 3 aromatic rings. The van der Waals surface area contributed by atoms with Gasteiger partial charge in [0.15, 0.2) is 11.5 Å². The van der Waals surface area contributed by atoms with Crippen LogP contribution >= 0.6 is 0 Å². The first-order valence-corrected chi connectivity index (χ1v) is 9.64. The van der Waals surface area contributed by atoms with Crippen LogP contribution in [-0.4, -0.2) is 41.4 Å². The Hall–Kier alpha value is -3.28. The third-order valence-corrected chi connectivity index (χ3v) is 5.48. The average Bonchev–Trinajstić information content (AvgIpc) is 3.18. The molecule has 2 aromatic carbocycles. The largest absolute Gasteiger partial charge is 0.493 e. The zero-order valence-electron chi connectivity index (χ0n) is 17.0. The Balaban J connectivity index is 1.58. The summed E-state index contributed by atoms with van der Waals surface area (Å²) in [5.41, 5.74) is 4.50. The van der Waals surface area contributed by atoms with Crippen molar-refractivity contribution in [3.05, 3.63) is 77.1 Å². The van der Waals surface area contributed by atoms with E-state index in [0.717, 1.165) is 11.1 Å². The van der Waals surface area contributed by atoms with Crippen molar-refractivity contribution in [1.82, 2.24) is 14.7 Å². The molecular weight excluding hydrogens is 366 g/mol. The molecule has 1 aliphatic rings. The van der Waals surface area contributed by atoms with E-state index in [9.17, 15) is 4.79 Å². The number of benzene rings is 2. The van der Waals surface area contributed by atoms with Crippen molar-refractivity contribution < 1.29 is 14.3 Å². The van der Waals surface area contributed by atoms with Crippen molar-refractivity contribution in [3.8, 4) is 11.5 Å². The number of aryl methyl sites for hydroxylation is 1. The molecule has 1 atom stereocenters. The number of hydrogen-bond acceptors (Lipinski definition) is 4. The number of aromatic nitrogens is 2. The topological polar surface area (TPSA) is 56.6 Å². The summed E-state index contributed by atoms with van der Waals surface area (Å²) in [4.78, 5) is 15.1. The molecule has 0 saturated heterocycles. The van der Waals surface area contributed by atoms with E-state index in [4.69, 9.17) is 9.47 Å². The van der Waals surface area contributed by atoms with Crippen LogP contribution < -0.4 is 9.47 Å². The molecule has 0 unspecified atom stereocenters. The van der Waals surface area contributed by atoms with Crippen LogP contribution in [0.5, 0.6) is 11.5 Å². The minimum atomic E-state index is 0.0978. The van der Waals surface area contributed by atoms with Gasteiger partial charge in [-0.05, 0) is 34.4 Å². The second kappa shape index (κ2) is 7.99. The maximum atomic E-state index is 13.1. The Kier molecular flexibility index (Phi) is 5.25. The van der Waals surface area contributed by atoms with E-state index in [-0.39, 0.29) is 11.8 Å². The third kappa shape index (κ3) is 3.83. The zero-order valence-corrected chi connectivity index (χ0v) is 17.0. The molecule has 0 radical (unpaired) electrons. The van der Waals surface area contributed by atoms with Crippen molar-refractivity contribution in [2.24, 2.45) is 7.05 Å². The van der Waals surface area contributed by atoms with Crippen molar-refractivity contribution in [2.45, 2.75) is 18.9 Å². The number of methoxy groups -OCH3 is 2. The smallest absolute Gasteiger partial charge is 0.227 e. The Morgan fingerprint density at radius 2 is 1.93 bits per heavy atom. The molecule has 1 aliphatic heterocycles. The molecule has 6 nitrogen and oxygen atoms in total. The predicted octanol–water partition coefficient (Wildman–Crippen LogP) is 3.15. The first-order valence-electron chi connectivity index (χ1n) is 9.64. The van der Waals surface area contributed by atoms with Crippen molar-refractivity contribution in [3.63, 3.8) is 0 Å². The lowest BCUT2D eigenvalue weighted by Gasteiger charge is -2.34. The minimum absolute atomic E-state index is 0.0978. The Labute approximate surface area is 170 Å². The monoisotopic (exact) mass is 391 g/mol. The highest BCUT2D eigenvalue weighted by molar-refractivity contribution is 5.79. The van der Waals surface area contributed by atoms with Gasteiger partial charge in [0.05, 0.1) is 26.8 Å². The lowest BCUT2D eigenvalue weighted by atomic mass is 9.86. The number of nitrogens with zero attached hydrogens (tertiary/aromatic N) is 3. The second-order valence-corrected chi connectivity index (χ2v) is 7.34. The van der Waals surface area contributed by atoms with Crippen LogP contribution in [0.1, 0.15) is 28.2 Å². The molecule has 150 valence electrons. The molecule has 0 spiro atoms. The summed E-state index contributed by atoms with van der Waals surface area (Å²) in [6, 6.07) is 14.0. The quantitative estimate of drug-likeness (QED) is 0.670. The summed E-state index contributed by atoms with van der Waals surface area (Å²) in [5.74, 6) is 1.52. The maximum absolute atomic E-state index is 13.1. The molecule has 6 heteroatoms. The lowest BCUT2D eigenvalue weighted by Crippen LogP contribution is -2.39. The number of carbonyl (C=O) groups excluding carboxylic acids is 1. The Bertz CT molecular complexity index is 1030. The lowest BCUT2D eigenvalue weighted by molar-refractivity contribution is -0.131. The highest BCUT2D eigenvalue weighted by Crippen LogP contribution is 2.34.